The zero-order valence-electron chi connectivity index (χ0n) is 23.3. The van der Waals surface area contributed by atoms with Crippen molar-refractivity contribution in [2.75, 3.05) is 0 Å². The van der Waals surface area contributed by atoms with Crippen molar-refractivity contribution in [3.8, 4) is 22.3 Å². The molecule has 0 radical (unpaired) electrons. The molecule has 0 bridgehead atoms. The van der Waals surface area contributed by atoms with Crippen LogP contribution in [-0.2, 0) is 0 Å². The molecule has 0 spiro atoms. The van der Waals surface area contributed by atoms with Gasteiger partial charge in [0.2, 0.25) is 0 Å². The summed E-state index contributed by atoms with van der Waals surface area (Å²) >= 11 is 0. The second kappa shape index (κ2) is 8.44. The summed E-state index contributed by atoms with van der Waals surface area (Å²) in [4.78, 5) is 0. The van der Waals surface area contributed by atoms with Gasteiger partial charge in [0, 0.05) is 21.5 Å². The Balaban J connectivity index is 1.44. The van der Waals surface area contributed by atoms with Crippen molar-refractivity contribution >= 4 is 75.8 Å². The fraction of sp³-hybridized carbons (Fsp3) is 0. The van der Waals surface area contributed by atoms with E-state index in [1.807, 2.05) is 0 Å². The molecule has 43 heavy (non-hydrogen) atoms. The molecule has 1 nitrogen and oxygen atoms in total. The topological polar surface area (TPSA) is 13.1 Å². The second-order valence-corrected chi connectivity index (χ2v) is 11.6. The molecule has 10 aromatic rings. The maximum atomic E-state index is 6.62. The van der Waals surface area contributed by atoms with Gasteiger partial charge in [-0.1, -0.05) is 133 Å². The average molecular weight is 545 g/mol. The van der Waals surface area contributed by atoms with Crippen molar-refractivity contribution in [1.29, 1.82) is 0 Å². The lowest BCUT2D eigenvalue weighted by molar-refractivity contribution is 0.673. The first-order chi connectivity index (χ1) is 21.4. The molecular weight excluding hydrogens is 520 g/mol. The molecule has 0 atom stereocenters. The van der Waals surface area contributed by atoms with Crippen LogP contribution >= 0.6 is 0 Å². The van der Waals surface area contributed by atoms with Gasteiger partial charge < -0.3 is 4.42 Å². The maximum absolute atomic E-state index is 6.62. The molecular formula is C42H24O. The van der Waals surface area contributed by atoms with Gasteiger partial charge in [0.15, 0.2) is 0 Å². The van der Waals surface area contributed by atoms with Crippen LogP contribution in [0.3, 0.4) is 0 Å². The predicted octanol–water partition coefficient (Wildman–Crippen LogP) is 12.1. The van der Waals surface area contributed by atoms with Gasteiger partial charge in [-0.15, -0.1) is 0 Å². The van der Waals surface area contributed by atoms with Gasteiger partial charge in [0.25, 0.3) is 0 Å². The lowest BCUT2D eigenvalue weighted by Gasteiger charge is -2.20. The average Bonchev–Trinajstić information content (AvgIpc) is 3.47. The lowest BCUT2D eigenvalue weighted by atomic mass is 9.82. The van der Waals surface area contributed by atoms with E-state index in [4.69, 9.17) is 4.42 Å². The summed E-state index contributed by atoms with van der Waals surface area (Å²) < 4.78 is 6.62. The zero-order valence-corrected chi connectivity index (χ0v) is 23.3. The largest absolute Gasteiger partial charge is 0.455 e. The number of hydrogen-bond donors (Lipinski definition) is 0. The highest BCUT2D eigenvalue weighted by molar-refractivity contribution is 6.38. The first kappa shape index (κ1) is 23.0. The van der Waals surface area contributed by atoms with Crippen molar-refractivity contribution < 1.29 is 4.42 Å². The van der Waals surface area contributed by atoms with Crippen LogP contribution in [0.25, 0.3) is 98.1 Å². The first-order valence-corrected chi connectivity index (χ1v) is 14.9. The molecule has 0 saturated heterocycles. The van der Waals surface area contributed by atoms with E-state index in [9.17, 15) is 0 Å². The molecule has 0 aliphatic heterocycles. The van der Waals surface area contributed by atoms with E-state index in [-0.39, 0.29) is 0 Å². The molecule has 0 aliphatic carbocycles. The van der Waals surface area contributed by atoms with Crippen molar-refractivity contribution in [3.63, 3.8) is 0 Å². The van der Waals surface area contributed by atoms with E-state index in [0.29, 0.717) is 0 Å². The van der Waals surface area contributed by atoms with Gasteiger partial charge >= 0.3 is 0 Å². The highest BCUT2D eigenvalue weighted by Crippen LogP contribution is 2.50. The minimum absolute atomic E-state index is 0.933. The van der Waals surface area contributed by atoms with Crippen LogP contribution in [0.4, 0.5) is 0 Å². The van der Waals surface area contributed by atoms with Gasteiger partial charge in [0.1, 0.15) is 11.2 Å². The van der Waals surface area contributed by atoms with E-state index < -0.39 is 0 Å². The fourth-order valence-electron chi connectivity index (χ4n) is 7.69. The standard InChI is InChI=1S/C42H24O/c1-2-12-25(13-3-1)37-27-15-4-6-17-29(27)39(30-18-7-5-16-28(30)37)35-24-26-14-10-21-33-38(26)40-31(35)20-11-22-34(40)42-41(33)32-19-8-9-23-36(32)43-42/h1-24H. The van der Waals surface area contributed by atoms with Crippen LogP contribution in [0.15, 0.2) is 150 Å². The molecule has 198 valence electrons. The van der Waals surface area contributed by atoms with E-state index >= 15 is 0 Å². The number of furan rings is 1. The van der Waals surface area contributed by atoms with E-state index in [2.05, 4.69) is 146 Å². The van der Waals surface area contributed by atoms with Crippen LogP contribution in [0.2, 0.25) is 0 Å². The SMILES string of the molecule is c1ccc(-c2c3ccccc3c(-c3cc4cccc5c6c7ccccc7oc6c6cccc3c6c45)c3ccccc23)cc1. The summed E-state index contributed by atoms with van der Waals surface area (Å²) in [5.41, 5.74) is 6.97. The normalized spacial score (nSPS) is 12.2. The molecule has 1 aromatic heterocycles. The Labute approximate surface area is 247 Å². The van der Waals surface area contributed by atoms with Crippen molar-refractivity contribution in [3.05, 3.63) is 146 Å². The van der Waals surface area contributed by atoms with Crippen LogP contribution in [0.1, 0.15) is 0 Å². The fourth-order valence-corrected chi connectivity index (χ4v) is 7.69. The summed E-state index contributed by atoms with van der Waals surface area (Å²) in [6, 6.07) is 52.9. The van der Waals surface area contributed by atoms with Crippen molar-refractivity contribution in [2.24, 2.45) is 0 Å². The van der Waals surface area contributed by atoms with Crippen LogP contribution in [0.5, 0.6) is 0 Å². The Morgan fingerprint density at radius 1 is 0.349 bits per heavy atom. The first-order valence-electron chi connectivity index (χ1n) is 14.9. The van der Waals surface area contributed by atoms with E-state index in [0.717, 1.165) is 11.2 Å². The van der Waals surface area contributed by atoms with Gasteiger partial charge in [-0.3, -0.25) is 0 Å². The number of benzene rings is 9. The Morgan fingerprint density at radius 2 is 0.907 bits per heavy atom. The summed E-state index contributed by atoms with van der Waals surface area (Å²) in [5.74, 6) is 0. The molecule has 10 rings (SSSR count). The van der Waals surface area contributed by atoms with Crippen LogP contribution in [-0.4, -0.2) is 0 Å². The van der Waals surface area contributed by atoms with Crippen LogP contribution in [0, 0.1) is 0 Å². The molecule has 9 aromatic carbocycles. The molecule has 1 heterocycles. The maximum Gasteiger partial charge on any atom is 0.143 e. The summed E-state index contributed by atoms with van der Waals surface area (Å²) in [6.07, 6.45) is 0. The third-order valence-corrected chi connectivity index (χ3v) is 9.37. The van der Waals surface area contributed by atoms with E-state index in [1.165, 1.54) is 86.9 Å². The van der Waals surface area contributed by atoms with Gasteiger partial charge in [-0.2, -0.15) is 0 Å². The minimum atomic E-state index is 0.933. The Bertz CT molecular complexity index is 2650. The Hall–Kier alpha value is -5.66. The lowest BCUT2D eigenvalue weighted by Crippen LogP contribution is -1.93. The van der Waals surface area contributed by atoms with Gasteiger partial charge in [-0.25, -0.2) is 0 Å². The highest BCUT2D eigenvalue weighted by atomic mass is 16.3. The summed E-state index contributed by atoms with van der Waals surface area (Å²) in [7, 11) is 0. The molecule has 0 fully saturated rings. The third-order valence-electron chi connectivity index (χ3n) is 9.37. The Morgan fingerprint density at radius 3 is 1.65 bits per heavy atom. The second-order valence-electron chi connectivity index (χ2n) is 11.6. The molecule has 0 unspecified atom stereocenters. The van der Waals surface area contributed by atoms with E-state index in [1.54, 1.807) is 0 Å². The number of fused-ring (bicyclic) bond motifs is 7. The number of para-hydroxylation sites is 1. The van der Waals surface area contributed by atoms with Crippen molar-refractivity contribution in [2.45, 2.75) is 0 Å². The molecule has 0 saturated carbocycles. The molecule has 0 N–H and O–H groups in total. The predicted molar refractivity (Wildman–Crippen MR) is 183 cm³/mol. The van der Waals surface area contributed by atoms with Crippen LogP contribution < -0.4 is 0 Å². The monoisotopic (exact) mass is 544 g/mol. The summed E-state index contributed by atoms with van der Waals surface area (Å²) in [6.45, 7) is 0. The Kier molecular flexibility index (Phi) is 4.51. The molecule has 1 heteroatoms. The minimum Gasteiger partial charge on any atom is -0.455 e. The summed E-state index contributed by atoms with van der Waals surface area (Å²) in [5, 5.41) is 15.0. The smallest absolute Gasteiger partial charge is 0.143 e. The third kappa shape index (κ3) is 3.01. The zero-order chi connectivity index (χ0) is 28.1. The van der Waals surface area contributed by atoms with Crippen molar-refractivity contribution in [1.82, 2.24) is 0 Å². The highest BCUT2D eigenvalue weighted by Gasteiger charge is 2.23. The number of hydrogen-bond acceptors (Lipinski definition) is 1. The number of rotatable bonds is 2. The molecule has 0 aliphatic rings. The van der Waals surface area contributed by atoms with Gasteiger partial charge in [-0.05, 0) is 77.5 Å². The quantitative estimate of drug-likeness (QED) is 0.156. The molecule has 0 amide bonds. The van der Waals surface area contributed by atoms with Gasteiger partial charge in [0.05, 0.1) is 0 Å².